The number of para-hydroxylation sites is 1. The van der Waals surface area contributed by atoms with E-state index in [1.165, 1.54) is 31.2 Å². The fourth-order valence-corrected chi connectivity index (χ4v) is 3.05. The zero-order valence-electron chi connectivity index (χ0n) is 15.4. The minimum atomic E-state index is -2.91. The summed E-state index contributed by atoms with van der Waals surface area (Å²) in [5, 5.41) is 0.780. The summed E-state index contributed by atoms with van der Waals surface area (Å²) in [6.07, 6.45) is -1.04. The Morgan fingerprint density at radius 2 is 1.75 bits per heavy atom. The number of nitrogens with one attached hydrogen (secondary N) is 1. The first kappa shape index (κ1) is 19.5. The molecule has 0 fully saturated rings. The van der Waals surface area contributed by atoms with Gasteiger partial charge in [0.15, 0.2) is 6.10 Å². The molecule has 0 aliphatic rings. The Kier molecular flexibility index (Phi) is 5.73. The maximum absolute atomic E-state index is 12.8. The highest BCUT2D eigenvalue weighted by Crippen LogP contribution is 2.24. The molecule has 1 N–H and O–H groups in total. The number of carbonyl (C=O) groups excluding carboxylic acids is 2. The Balaban J connectivity index is 1.65. The predicted octanol–water partition coefficient (Wildman–Crippen LogP) is 4.43. The molecule has 3 aromatic rings. The zero-order chi connectivity index (χ0) is 20.3. The molecule has 28 heavy (non-hydrogen) atoms. The van der Waals surface area contributed by atoms with Crippen LogP contribution < -0.4 is 4.74 Å². The Hall–Kier alpha value is -3.22. The van der Waals surface area contributed by atoms with Crippen LogP contribution in [0.5, 0.6) is 5.75 Å². The summed E-state index contributed by atoms with van der Waals surface area (Å²) >= 11 is 0. The third-order valence-electron chi connectivity index (χ3n) is 4.31. The van der Waals surface area contributed by atoms with Crippen molar-refractivity contribution in [3.8, 4) is 5.75 Å². The van der Waals surface area contributed by atoms with Crippen molar-refractivity contribution in [2.75, 3.05) is 0 Å². The highest BCUT2D eigenvalue weighted by Gasteiger charge is 2.24. The van der Waals surface area contributed by atoms with Crippen molar-refractivity contribution in [3.63, 3.8) is 0 Å². The van der Waals surface area contributed by atoms with Crippen LogP contribution >= 0.6 is 0 Å². The van der Waals surface area contributed by atoms with E-state index in [4.69, 9.17) is 4.74 Å². The number of aromatic nitrogens is 1. The number of rotatable bonds is 7. The van der Waals surface area contributed by atoms with Crippen LogP contribution in [-0.4, -0.2) is 29.5 Å². The Labute approximate surface area is 160 Å². The zero-order valence-corrected chi connectivity index (χ0v) is 15.4. The second-order valence-corrected chi connectivity index (χ2v) is 6.37. The van der Waals surface area contributed by atoms with Gasteiger partial charge in [0, 0.05) is 22.2 Å². The van der Waals surface area contributed by atoms with E-state index >= 15 is 0 Å². The van der Waals surface area contributed by atoms with Crippen molar-refractivity contribution in [1.82, 2.24) is 4.98 Å². The number of hydrogen-bond acceptors (Lipinski definition) is 4. The fraction of sp³-hybridized carbons (Fsp3) is 0.238. The quantitative estimate of drug-likeness (QED) is 0.481. The monoisotopic (exact) mass is 387 g/mol. The minimum absolute atomic E-state index is 0.00507. The third kappa shape index (κ3) is 4.36. The lowest BCUT2D eigenvalue weighted by molar-refractivity contribution is -0.145. The van der Waals surface area contributed by atoms with E-state index < -0.39 is 18.7 Å². The lowest BCUT2D eigenvalue weighted by Crippen LogP contribution is -2.25. The lowest BCUT2D eigenvalue weighted by atomic mass is 10.0. The second-order valence-electron chi connectivity index (χ2n) is 6.37. The Bertz CT molecular complexity index is 995. The van der Waals surface area contributed by atoms with Crippen molar-refractivity contribution >= 4 is 22.7 Å². The summed E-state index contributed by atoms with van der Waals surface area (Å²) in [6.45, 7) is 0.418. The average Bonchev–Trinajstić information content (AvgIpc) is 2.97. The van der Waals surface area contributed by atoms with Crippen LogP contribution in [0.25, 0.3) is 10.9 Å². The number of aromatic amines is 1. The largest absolute Gasteiger partial charge is 0.454 e. The normalized spacial score (nSPS) is 12.2. The molecule has 0 amide bonds. The number of hydrogen-bond donors (Lipinski definition) is 1. The molecule has 1 atom stereocenters. The van der Waals surface area contributed by atoms with E-state index in [0.29, 0.717) is 16.8 Å². The smallest absolute Gasteiger partial charge is 0.387 e. The van der Waals surface area contributed by atoms with Gasteiger partial charge in [-0.05, 0) is 37.6 Å². The summed E-state index contributed by atoms with van der Waals surface area (Å²) in [5.41, 5.74) is 2.62. The minimum Gasteiger partial charge on any atom is -0.454 e. The van der Waals surface area contributed by atoms with Gasteiger partial charge in [0.1, 0.15) is 5.75 Å². The first-order valence-electron chi connectivity index (χ1n) is 8.70. The van der Waals surface area contributed by atoms with Gasteiger partial charge in [-0.2, -0.15) is 8.78 Å². The Morgan fingerprint density at radius 1 is 1.07 bits per heavy atom. The number of Topliss-reactive ketones (excluding diaryl/α,β-unsaturated/α-hetero) is 1. The van der Waals surface area contributed by atoms with Crippen molar-refractivity contribution < 1.29 is 27.8 Å². The van der Waals surface area contributed by atoms with Gasteiger partial charge in [0.25, 0.3) is 0 Å². The number of alkyl halides is 2. The van der Waals surface area contributed by atoms with E-state index in [0.717, 1.165) is 10.9 Å². The molecule has 0 spiro atoms. The van der Waals surface area contributed by atoms with Crippen molar-refractivity contribution in [3.05, 3.63) is 65.4 Å². The number of H-pyrrole nitrogens is 1. The van der Waals surface area contributed by atoms with Gasteiger partial charge in [-0.1, -0.05) is 30.3 Å². The number of fused-ring (bicyclic) bond motifs is 1. The lowest BCUT2D eigenvalue weighted by Gasteiger charge is -2.13. The van der Waals surface area contributed by atoms with Gasteiger partial charge >= 0.3 is 12.6 Å². The van der Waals surface area contributed by atoms with Gasteiger partial charge in [-0.25, -0.2) is 0 Å². The number of halogens is 2. The molecule has 0 aliphatic heterocycles. The molecule has 0 saturated heterocycles. The molecule has 0 bridgehead atoms. The molecule has 3 rings (SSSR count). The topological polar surface area (TPSA) is 68.4 Å². The van der Waals surface area contributed by atoms with Crippen LogP contribution in [0.3, 0.4) is 0 Å². The molecule has 7 heteroatoms. The third-order valence-corrected chi connectivity index (χ3v) is 4.31. The van der Waals surface area contributed by atoms with E-state index in [-0.39, 0.29) is 18.0 Å². The summed E-state index contributed by atoms with van der Waals surface area (Å²) < 4.78 is 33.9. The predicted molar refractivity (Wildman–Crippen MR) is 99.7 cm³/mol. The molecule has 0 aliphatic carbocycles. The van der Waals surface area contributed by atoms with Crippen LogP contribution in [0.4, 0.5) is 8.78 Å². The number of carbonyl (C=O) groups is 2. The molecule has 1 heterocycles. The molecule has 146 valence electrons. The number of aryl methyl sites for hydroxylation is 1. The molecule has 1 aromatic heterocycles. The number of ketones is 1. The summed E-state index contributed by atoms with van der Waals surface area (Å²) in [6, 6.07) is 13.1. The second kappa shape index (κ2) is 8.21. The number of ether oxygens (including phenoxy) is 2. The first-order valence-corrected chi connectivity index (χ1v) is 8.70. The SMILES string of the molecule is Cc1[nH]c2ccccc2c1C(=O)C(C)OC(=O)Cc1ccc(OC(F)F)cc1. The van der Waals surface area contributed by atoms with Crippen LogP contribution in [0, 0.1) is 6.92 Å². The molecular formula is C21H19F2NO4. The average molecular weight is 387 g/mol. The van der Waals surface area contributed by atoms with Gasteiger partial charge in [-0.15, -0.1) is 0 Å². The molecule has 2 aromatic carbocycles. The van der Waals surface area contributed by atoms with Gasteiger partial charge in [0.2, 0.25) is 5.78 Å². The summed E-state index contributed by atoms with van der Waals surface area (Å²) in [4.78, 5) is 28.1. The van der Waals surface area contributed by atoms with E-state index in [1.807, 2.05) is 24.3 Å². The van der Waals surface area contributed by atoms with E-state index in [2.05, 4.69) is 9.72 Å². The standard InChI is InChI=1S/C21H19F2NO4/c1-12-19(16-5-3-4-6-17(16)24-12)20(26)13(2)27-18(25)11-14-7-9-15(10-8-14)28-21(22)23/h3-10,13,21,24H,11H2,1-2H3. The van der Waals surface area contributed by atoms with E-state index in [9.17, 15) is 18.4 Å². The number of esters is 1. The molecule has 1 unspecified atom stereocenters. The van der Waals surface area contributed by atoms with Crippen LogP contribution in [-0.2, 0) is 16.0 Å². The summed E-state index contributed by atoms with van der Waals surface area (Å²) in [7, 11) is 0. The fourth-order valence-electron chi connectivity index (χ4n) is 3.05. The highest BCUT2D eigenvalue weighted by molar-refractivity contribution is 6.11. The van der Waals surface area contributed by atoms with Gasteiger partial charge in [-0.3, -0.25) is 9.59 Å². The molecule has 0 saturated carbocycles. The Morgan fingerprint density at radius 3 is 2.43 bits per heavy atom. The van der Waals surface area contributed by atoms with E-state index in [1.54, 1.807) is 6.92 Å². The van der Waals surface area contributed by atoms with Crippen molar-refractivity contribution in [2.45, 2.75) is 33.0 Å². The highest BCUT2D eigenvalue weighted by atomic mass is 19.3. The van der Waals surface area contributed by atoms with Crippen molar-refractivity contribution in [1.29, 1.82) is 0 Å². The maximum atomic E-state index is 12.8. The van der Waals surface area contributed by atoms with Crippen LogP contribution in [0.15, 0.2) is 48.5 Å². The summed E-state index contributed by atoms with van der Waals surface area (Å²) in [5.74, 6) is -0.865. The van der Waals surface area contributed by atoms with Crippen LogP contribution in [0.2, 0.25) is 0 Å². The van der Waals surface area contributed by atoms with Crippen molar-refractivity contribution in [2.24, 2.45) is 0 Å². The molecule has 5 nitrogen and oxygen atoms in total. The maximum Gasteiger partial charge on any atom is 0.387 e. The first-order chi connectivity index (χ1) is 13.3. The molecular weight excluding hydrogens is 368 g/mol. The van der Waals surface area contributed by atoms with Gasteiger partial charge in [0.05, 0.1) is 6.42 Å². The molecule has 0 radical (unpaired) electrons. The number of benzene rings is 2. The van der Waals surface area contributed by atoms with Crippen LogP contribution in [0.1, 0.15) is 28.5 Å². The van der Waals surface area contributed by atoms with Gasteiger partial charge < -0.3 is 14.5 Å².